The van der Waals surface area contributed by atoms with Crippen molar-refractivity contribution < 1.29 is 0 Å². The minimum Gasteiger partial charge on any atom is -0.300 e. The average Bonchev–Trinajstić information content (AvgIpc) is 2.29. The van der Waals surface area contributed by atoms with Crippen molar-refractivity contribution in [2.24, 2.45) is 11.3 Å². The summed E-state index contributed by atoms with van der Waals surface area (Å²) in [7, 11) is 0. The molecule has 1 saturated heterocycles. The molecule has 0 saturated carbocycles. The van der Waals surface area contributed by atoms with Crippen LogP contribution in [0.2, 0.25) is 0 Å². The Labute approximate surface area is 77.1 Å². The van der Waals surface area contributed by atoms with Crippen molar-refractivity contribution in [3.63, 3.8) is 0 Å². The standard InChI is InChI=1S/C11H23N/c1-6-12-8-9(2)7-10(12)11(3,4)5/h9-10H,6-8H2,1-5H3. The minimum atomic E-state index is 0.459. The van der Waals surface area contributed by atoms with Crippen LogP contribution in [0.1, 0.15) is 41.0 Å². The number of hydrogen-bond acceptors (Lipinski definition) is 1. The maximum atomic E-state index is 2.63. The Morgan fingerprint density at radius 2 is 1.92 bits per heavy atom. The quantitative estimate of drug-likeness (QED) is 0.583. The number of nitrogens with zero attached hydrogens (tertiary/aromatic N) is 1. The van der Waals surface area contributed by atoms with Crippen LogP contribution in [0.3, 0.4) is 0 Å². The number of rotatable bonds is 1. The van der Waals surface area contributed by atoms with Crippen LogP contribution in [-0.4, -0.2) is 24.0 Å². The van der Waals surface area contributed by atoms with E-state index in [1.165, 1.54) is 19.5 Å². The van der Waals surface area contributed by atoms with Crippen LogP contribution in [0.4, 0.5) is 0 Å². The first-order valence-electron chi connectivity index (χ1n) is 5.19. The van der Waals surface area contributed by atoms with Gasteiger partial charge in [0.1, 0.15) is 0 Å². The van der Waals surface area contributed by atoms with Crippen molar-refractivity contribution in [1.82, 2.24) is 4.90 Å². The third-order valence-electron chi connectivity index (χ3n) is 3.02. The van der Waals surface area contributed by atoms with Gasteiger partial charge in [-0.15, -0.1) is 0 Å². The second-order valence-corrected chi connectivity index (χ2v) is 5.31. The van der Waals surface area contributed by atoms with Crippen LogP contribution in [0, 0.1) is 11.3 Å². The average molecular weight is 169 g/mol. The lowest BCUT2D eigenvalue weighted by molar-refractivity contribution is 0.147. The molecule has 2 unspecified atom stereocenters. The lowest BCUT2D eigenvalue weighted by atomic mass is 9.84. The van der Waals surface area contributed by atoms with Crippen molar-refractivity contribution in [3.05, 3.63) is 0 Å². The van der Waals surface area contributed by atoms with Crippen molar-refractivity contribution >= 4 is 0 Å². The monoisotopic (exact) mass is 169 g/mol. The van der Waals surface area contributed by atoms with E-state index in [1.807, 2.05) is 0 Å². The summed E-state index contributed by atoms with van der Waals surface area (Å²) in [5.74, 6) is 0.897. The normalized spacial score (nSPS) is 32.8. The summed E-state index contributed by atoms with van der Waals surface area (Å²) in [6.07, 6.45) is 1.39. The van der Waals surface area contributed by atoms with Gasteiger partial charge in [-0.3, -0.25) is 4.90 Å². The van der Waals surface area contributed by atoms with Crippen molar-refractivity contribution in [2.45, 2.75) is 47.1 Å². The van der Waals surface area contributed by atoms with E-state index < -0.39 is 0 Å². The first kappa shape index (κ1) is 10.0. The number of likely N-dealkylation sites (tertiary alicyclic amines) is 1. The zero-order chi connectivity index (χ0) is 9.35. The van der Waals surface area contributed by atoms with Crippen LogP contribution in [0.5, 0.6) is 0 Å². The van der Waals surface area contributed by atoms with Crippen LogP contribution in [-0.2, 0) is 0 Å². The van der Waals surface area contributed by atoms with E-state index in [-0.39, 0.29) is 0 Å². The molecule has 1 heterocycles. The zero-order valence-electron chi connectivity index (χ0n) is 9.22. The minimum absolute atomic E-state index is 0.459. The molecule has 1 rings (SSSR count). The summed E-state index contributed by atoms with van der Waals surface area (Å²) < 4.78 is 0. The topological polar surface area (TPSA) is 3.24 Å². The Bertz CT molecular complexity index is 146. The molecule has 0 amide bonds. The first-order chi connectivity index (χ1) is 5.45. The second kappa shape index (κ2) is 3.37. The molecule has 0 aromatic carbocycles. The summed E-state index contributed by atoms with van der Waals surface area (Å²) in [5, 5.41) is 0. The molecule has 0 spiro atoms. The van der Waals surface area contributed by atoms with Gasteiger partial charge in [0.05, 0.1) is 0 Å². The largest absolute Gasteiger partial charge is 0.300 e. The molecule has 1 aliphatic heterocycles. The molecule has 0 bridgehead atoms. The Morgan fingerprint density at radius 3 is 2.25 bits per heavy atom. The lowest BCUT2D eigenvalue weighted by Crippen LogP contribution is -2.39. The highest BCUT2D eigenvalue weighted by Gasteiger charge is 2.36. The van der Waals surface area contributed by atoms with Gasteiger partial charge < -0.3 is 0 Å². The van der Waals surface area contributed by atoms with E-state index in [0.29, 0.717) is 5.41 Å². The van der Waals surface area contributed by atoms with E-state index in [4.69, 9.17) is 0 Å². The predicted octanol–water partition coefficient (Wildman–Crippen LogP) is 2.76. The molecule has 0 aromatic heterocycles. The highest BCUT2D eigenvalue weighted by atomic mass is 15.2. The number of hydrogen-bond donors (Lipinski definition) is 0. The van der Waals surface area contributed by atoms with Gasteiger partial charge >= 0.3 is 0 Å². The molecule has 0 aliphatic carbocycles. The van der Waals surface area contributed by atoms with Gasteiger partial charge in [-0.05, 0) is 24.3 Å². The van der Waals surface area contributed by atoms with Gasteiger partial charge in [0.15, 0.2) is 0 Å². The predicted molar refractivity (Wildman–Crippen MR) is 54.3 cm³/mol. The van der Waals surface area contributed by atoms with Gasteiger partial charge in [0.25, 0.3) is 0 Å². The summed E-state index contributed by atoms with van der Waals surface area (Å²) in [4.78, 5) is 2.63. The third-order valence-corrected chi connectivity index (χ3v) is 3.02. The van der Waals surface area contributed by atoms with Gasteiger partial charge in [-0.2, -0.15) is 0 Å². The van der Waals surface area contributed by atoms with Gasteiger partial charge in [-0.25, -0.2) is 0 Å². The second-order valence-electron chi connectivity index (χ2n) is 5.31. The maximum absolute atomic E-state index is 2.63. The molecular formula is C11H23N. The van der Waals surface area contributed by atoms with Gasteiger partial charge in [-0.1, -0.05) is 34.6 Å². The maximum Gasteiger partial charge on any atom is 0.0147 e. The molecule has 2 atom stereocenters. The zero-order valence-corrected chi connectivity index (χ0v) is 9.22. The van der Waals surface area contributed by atoms with E-state index in [2.05, 4.69) is 39.5 Å². The molecule has 0 N–H and O–H groups in total. The molecular weight excluding hydrogens is 146 g/mol. The van der Waals surface area contributed by atoms with Crippen LogP contribution < -0.4 is 0 Å². The SMILES string of the molecule is CCN1CC(C)CC1C(C)(C)C. The van der Waals surface area contributed by atoms with Crippen LogP contribution in [0.15, 0.2) is 0 Å². The van der Waals surface area contributed by atoms with E-state index in [0.717, 1.165) is 12.0 Å². The molecule has 72 valence electrons. The highest BCUT2D eigenvalue weighted by Crippen LogP contribution is 2.34. The lowest BCUT2D eigenvalue weighted by Gasteiger charge is -2.34. The fourth-order valence-corrected chi connectivity index (χ4v) is 2.38. The summed E-state index contributed by atoms with van der Waals surface area (Å²) in [6, 6.07) is 0.803. The Balaban J connectivity index is 2.64. The molecule has 1 nitrogen and oxygen atoms in total. The molecule has 1 fully saturated rings. The Hall–Kier alpha value is -0.0400. The van der Waals surface area contributed by atoms with Gasteiger partial charge in [0.2, 0.25) is 0 Å². The molecule has 1 aliphatic rings. The molecule has 0 aromatic rings. The molecule has 1 heteroatoms. The van der Waals surface area contributed by atoms with Crippen LogP contribution in [0.25, 0.3) is 0 Å². The summed E-state index contributed by atoms with van der Waals surface area (Å²) >= 11 is 0. The Kier molecular flexibility index (Phi) is 2.82. The van der Waals surface area contributed by atoms with Gasteiger partial charge in [0, 0.05) is 12.6 Å². The fraction of sp³-hybridized carbons (Fsp3) is 1.00. The van der Waals surface area contributed by atoms with E-state index in [9.17, 15) is 0 Å². The molecule has 0 radical (unpaired) electrons. The first-order valence-corrected chi connectivity index (χ1v) is 5.19. The highest BCUT2D eigenvalue weighted by molar-refractivity contribution is 4.90. The Morgan fingerprint density at radius 1 is 1.33 bits per heavy atom. The van der Waals surface area contributed by atoms with E-state index >= 15 is 0 Å². The van der Waals surface area contributed by atoms with E-state index in [1.54, 1.807) is 0 Å². The third kappa shape index (κ3) is 2.01. The van der Waals surface area contributed by atoms with Crippen molar-refractivity contribution in [2.75, 3.05) is 13.1 Å². The fourth-order valence-electron chi connectivity index (χ4n) is 2.38. The summed E-state index contributed by atoms with van der Waals surface area (Å²) in [5.41, 5.74) is 0.459. The van der Waals surface area contributed by atoms with Crippen molar-refractivity contribution in [3.8, 4) is 0 Å². The smallest absolute Gasteiger partial charge is 0.0147 e. The molecule has 12 heavy (non-hydrogen) atoms. The summed E-state index contributed by atoms with van der Waals surface area (Å²) in [6.45, 7) is 14.2. The van der Waals surface area contributed by atoms with Crippen molar-refractivity contribution in [1.29, 1.82) is 0 Å². The van der Waals surface area contributed by atoms with Crippen LogP contribution >= 0.6 is 0 Å².